The molecule has 0 atom stereocenters. The van der Waals surface area contributed by atoms with E-state index in [1.165, 1.54) is 12.5 Å². The summed E-state index contributed by atoms with van der Waals surface area (Å²) in [5, 5.41) is 16.2. The fourth-order valence-corrected chi connectivity index (χ4v) is 2.28. The van der Waals surface area contributed by atoms with Gasteiger partial charge in [0.25, 0.3) is 5.69 Å². The lowest BCUT2D eigenvalue weighted by molar-refractivity contribution is -0.383. The lowest BCUT2D eigenvalue weighted by atomic mass is 10.2. The third-order valence-electron chi connectivity index (χ3n) is 2.96. The van der Waals surface area contributed by atoms with Crippen molar-refractivity contribution in [2.45, 2.75) is 19.3 Å². The van der Waals surface area contributed by atoms with Gasteiger partial charge in [0.05, 0.1) is 4.92 Å². The average molecular weight is 280 g/mol. The minimum absolute atomic E-state index is 0.0188. The summed E-state index contributed by atoms with van der Waals surface area (Å²) in [5.41, 5.74) is 3.49. The van der Waals surface area contributed by atoms with Gasteiger partial charge in [0.1, 0.15) is 5.69 Å². The van der Waals surface area contributed by atoms with Crippen LogP contribution in [0.4, 0.5) is 11.4 Å². The van der Waals surface area contributed by atoms with E-state index in [-0.39, 0.29) is 5.69 Å². The highest BCUT2D eigenvalue weighted by Crippen LogP contribution is 2.22. The van der Waals surface area contributed by atoms with Crippen LogP contribution in [-0.2, 0) is 0 Å². The SMILES string of the molecule is O=[N+]([O-])c1ccccc1NC(=S)NN1CCCCC1. The monoisotopic (exact) mass is 280 g/mol. The van der Waals surface area contributed by atoms with Gasteiger partial charge in [0.2, 0.25) is 0 Å². The van der Waals surface area contributed by atoms with Crippen LogP contribution in [0.15, 0.2) is 24.3 Å². The van der Waals surface area contributed by atoms with Gasteiger partial charge in [-0.25, -0.2) is 5.01 Å². The first-order chi connectivity index (χ1) is 9.16. The van der Waals surface area contributed by atoms with Crippen LogP contribution in [0, 0.1) is 10.1 Å². The highest BCUT2D eigenvalue weighted by atomic mass is 32.1. The number of thiocarbonyl (C=S) groups is 1. The Morgan fingerprint density at radius 2 is 1.95 bits per heavy atom. The third-order valence-corrected chi connectivity index (χ3v) is 3.16. The molecule has 1 saturated heterocycles. The van der Waals surface area contributed by atoms with Gasteiger partial charge in [-0.05, 0) is 31.1 Å². The molecule has 1 aliphatic heterocycles. The van der Waals surface area contributed by atoms with Crippen molar-refractivity contribution in [3.63, 3.8) is 0 Å². The number of nitrogens with zero attached hydrogens (tertiary/aromatic N) is 2. The summed E-state index contributed by atoms with van der Waals surface area (Å²) in [6.07, 6.45) is 3.52. The largest absolute Gasteiger partial charge is 0.326 e. The summed E-state index contributed by atoms with van der Waals surface area (Å²) in [6, 6.07) is 6.46. The first-order valence-corrected chi connectivity index (χ1v) is 6.63. The van der Waals surface area contributed by atoms with Gasteiger partial charge in [-0.3, -0.25) is 15.5 Å². The molecule has 1 heterocycles. The number of hydrogen-bond acceptors (Lipinski definition) is 4. The summed E-state index contributed by atoms with van der Waals surface area (Å²) in [6.45, 7) is 1.89. The highest BCUT2D eigenvalue weighted by Gasteiger charge is 2.15. The van der Waals surface area contributed by atoms with E-state index in [1.807, 2.05) is 5.01 Å². The second-order valence-corrected chi connectivity index (χ2v) is 4.80. The van der Waals surface area contributed by atoms with Gasteiger partial charge in [0.15, 0.2) is 5.11 Å². The molecular formula is C12H16N4O2S. The standard InChI is InChI=1S/C12H16N4O2S/c17-16(18)11-7-3-2-6-10(11)13-12(19)14-15-8-4-1-5-9-15/h2-3,6-7H,1,4-5,8-9H2,(H2,13,14,19). The van der Waals surface area contributed by atoms with Crippen molar-refractivity contribution in [1.29, 1.82) is 0 Å². The lowest BCUT2D eigenvalue weighted by Crippen LogP contribution is -2.46. The molecule has 0 unspecified atom stereocenters. The van der Waals surface area contributed by atoms with Gasteiger partial charge in [-0.1, -0.05) is 18.6 Å². The molecule has 0 saturated carbocycles. The lowest BCUT2D eigenvalue weighted by Gasteiger charge is -2.28. The normalized spacial score (nSPS) is 15.8. The number of nitrogens with one attached hydrogen (secondary N) is 2. The Labute approximate surface area is 116 Å². The second kappa shape index (κ2) is 6.44. The summed E-state index contributed by atoms with van der Waals surface area (Å²) < 4.78 is 0. The predicted molar refractivity (Wildman–Crippen MR) is 77.9 cm³/mol. The summed E-state index contributed by atoms with van der Waals surface area (Å²) in [4.78, 5) is 10.5. The minimum atomic E-state index is -0.425. The molecule has 19 heavy (non-hydrogen) atoms. The molecule has 1 aromatic rings. The molecule has 1 aromatic carbocycles. The van der Waals surface area contributed by atoms with Crippen LogP contribution < -0.4 is 10.7 Å². The maximum atomic E-state index is 10.9. The maximum Gasteiger partial charge on any atom is 0.292 e. The Hall–Kier alpha value is -1.73. The van der Waals surface area contributed by atoms with Gasteiger partial charge < -0.3 is 5.32 Å². The molecule has 0 spiro atoms. The van der Waals surface area contributed by atoms with Crippen LogP contribution >= 0.6 is 12.2 Å². The van der Waals surface area contributed by atoms with Gasteiger partial charge >= 0.3 is 0 Å². The molecule has 2 rings (SSSR count). The quantitative estimate of drug-likeness (QED) is 0.503. The number of para-hydroxylation sites is 2. The molecule has 0 aliphatic carbocycles. The van der Waals surface area contributed by atoms with Crippen molar-refractivity contribution in [3.05, 3.63) is 34.4 Å². The van der Waals surface area contributed by atoms with Crippen molar-refractivity contribution >= 4 is 28.7 Å². The van der Waals surface area contributed by atoms with E-state index in [0.717, 1.165) is 25.9 Å². The summed E-state index contributed by atoms with van der Waals surface area (Å²) in [5.74, 6) is 0. The number of anilines is 1. The summed E-state index contributed by atoms with van der Waals surface area (Å²) in [7, 11) is 0. The molecule has 0 aromatic heterocycles. The van der Waals surface area contributed by atoms with E-state index in [1.54, 1.807) is 18.2 Å². The number of nitro benzene ring substituents is 1. The fourth-order valence-electron chi connectivity index (χ4n) is 2.04. The smallest absolute Gasteiger partial charge is 0.292 e. The Morgan fingerprint density at radius 3 is 2.63 bits per heavy atom. The zero-order valence-corrected chi connectivity index (χ0v) is 11.3. The van der Waals surface area contributed by atoms with Crippen molar-refractivity contribution in [2.75, 3.05) is 18.4 Å². The number of hydrazine groups is 1. The Kier molecular flexibility index (Phi) is 4.64. The molecule has 2 N–H and O–H groups in total. The van der Waals surface area contributed by atoms with Crippen LogP contribution in [0.25, 0.3) is 0 Å². The Balaban J connectivity index is 1.96. The first kappa shape index (κ1) is 13.7. The van der Waals surface area contributed by atoms with Gasteiger partial charge in [-0.2, -0.15) is 0 Å². The molecule has 1 fully saturated rings. The van der Waals surface area contributed by atoms with Crippen LogP contribution in [0.1, 0.15) is 19.3 Å². The molecule has 0 amide bonds. The van der Waals surface area contributed by atoms with E-state index in [4.69, 9.17) is 12.2 Å². The zero-order chi connectivity index (χ0) is 13.7. The Bertz CT molecular complexity index is 475. The van der Waals surface area contributed by atoms with Crippen molar-refractivity contribution in [1.82, 2.24) is 10.4 Å². The first-order valence-electron chi connectivity index (χ1n) is 6.23. The molecule has 6 nitrogen and oxygen atoms in total. The molecule has 0 radical (unpaired) electrons. The van der Waals surface area contributed by atoms with Gasteiger partial charge in [0, 0.05) is 19.2 Å². The second-order valence-electron chi connectivity index (χ2n) is 4.39. The fraction of sp³-hybridized carbons (Fsp3) is 0.417. The van der Waals surface area contributed by atoms with Crippen LogP contribution in [0.3, 0.4) is 0 Å². The zero-order valence-electron chi connectivity index (χ0n) is 10.5. The van der Waals surface area contributed by atoms with Crippen LogP contribution in [-0.4, -0.2) is 28.1 Å². The van der Waals surface area contributed by atoms with Crippen molar-refractivity contribution in [3.8, 4) is 0 Å². The molecule has 7 heteroatoms. The Morgan fingerprint density at radius 1 is 1.26 bits per heavy atom. The predicted octanol–water partition coefficient (Wildman–Crippen LogP) is 2.28. The maximum absolute atomic E-state index is 10.9. The van der Waals surface area contributed by atoms with Crippen LogP contribution in [0.2, 0.25) is 0 Å². The van der Waals surface area contributed by atoms with E-state index in [9.17, 15) is 10.1 Å². The number of rotatable bonds is 3. The third kappa shape index (κ3) is 3.87. The minimum Gasteiger partial charge on any atom is -0.326 e. The molecule has 102 valence electrons. The van der Waals surface area contributed by atoms with E-state index in [2.05, 4.69) is 10.7 Å². The molecular weight excluding hydrogens is 264 g/mol. The van der Waals surface area contributed by atoms with Crippen LogP contribution in [0.5, 0.6) is 0 Å². The van der Waals surface area contributed by atoms with Gasteiger partial charge in [-0.15, -0.1) is 0 Å². The molecule has 1 aliphatic rings. The van der Waals surface area contributed by atoms with Crippen molar-refractivity contribution in [2.24, 2.45) is 0 Å². The molecule has 0 bridgehead atoms. The number of benzene rings is 1. The number of hydrogen-bond donors (Lipinski definition) is 2. The number of nitro groups is 1. The summed E-state index contributed by atoms with van der Waals surface area (Å²) >= 11 is 5.18. The topological polar surface area (TPSA) is 70.4 Å². The van der Waals surface area contributed by atoms with E-state index in [0.29, 0.717) is 10.8 Å². The highest BCUT2D eigenvalue weighted by molar-refractivity contribution is 7.80. The average Bonchev–Trinajstić information content (AvgIpc) is 2.40. The van der Waals surface area contributed by atoms with Crippen molar-refractivity contribution < 1.29 is 4.92 Å². The number of piperidine rings is 1. The van der Waals surface area contributed by atoms with E-state index < -0.39 is 4.92 Å². The van der Waals surface area contributed by atoms with E-state index >= 15 is 0 Å².